The molecule has 0 saturated carbocycles. The fraction of sp³-hybridized carbons (Fsp3) is 0.400. The number of carboxylic acids is 1. The minimum atomic E-state index is -0.819. The second kappa shape index (κ2) is 7.13. The fourth-order valence-electron chi connectivity index (χ4n) is 3.56. The van der Waals surface area contributed by atoms with E-state index in [9.17, 15) is 14.7 Å². The smallest absolute Gasteiger partial charge is 0.312 e. The van der Waals surface area contributed by atoms with Crippen molar-refractivity contribution >= 4 is 11.8 Å². The van der Waals surface area contributed by atoms with Gasteiger partial charge in [-0.3, -0.25) is 9.59 Å². The van der Waals surface area contributed by atoms with Crippen LogP contribution < -0.4 is 4.74 Å². The SMILES string of the molecule is CCOc1ccc(C(=O)c2c(C)cc3n2CCCCC3C(=O)O)cc1. The predicted octanol–water partition coefficient (Wildman–Crippen LogP) is 3.78. The summed E-state index contributed by atoms with van der Waals surface area (Å²) >= 11 is 0. The van der Waals surface area contributed by atoms with Crippen LogP contribution in [0.5, 0.6) is 5.75 Å². The maximum atomic E-state index is 13.0. The van der Waals surface area contributed by atoms with Crippen molar-refractivity contribution in [2.75, 3.05) is 6.61 Å². The van der Waals surface area contributed by atoms with E-state index in [-0.39, 0.29) is 5.78 Å². The van der Waals surface area contributed by atoms with Crippen molar-refractivity contribution < 1.29 is 19.4 Å². The molecule has 1 aromatic heterocycles. The number of carbonyl (C=O) groups is 2. The maximum absolute atomic E-state index is 13.0. The standard InChI is InChI=1S/C20H23NO4/c1-3-25-15-9-7-14(8-10-15)19(22)18-13(2)12-17-16(20(23)24)6-4-5-11-21(17)18/h7-10,12,16H,3-6,11H2,1-2H3,(H,23,24). The molecule has 25 heavy (non-hydrogen) atoms. The summed E-state index contributed by atoms with van der Waals surface area (Å²) in [4.78, 5) is 24.7. The van der Waals surface area contributed by atoms with Gasteiger partial charge in [0, 0.05) is 17.8 Å². The third-order valence-corrected chi connectivity index (χ3v) is 4.74. The highest BCUT2D eigenvalue weighted by Gasteiger charge is 2.30. The van der Waals surface area contributed by atoms with Gasteiger partial charge in [0.05, 0.1) is 18.2 Å². The largest absolute Gasteiger partial charge is 0.494 e. The Morgan fingerprint density at radius 2 is 1.96 bits per heavy atom. The van der Waals surface area contributed by atoms with Gasteiger partial charge < -0.3 is 14.4 Å². The number of benzene rings is 1. The first-order valence-corrected chi connectivity index (χ1v) is 8.73. The van der Waals surface area contributed by atoms with E-state index in [0.29, 0.717) is 30.8 Å². The maximum Gasteiger partial charge on any atom is 0.312 e. The Bertz CT molecular complexity index is 789. The zero-order chi connectivity index (χ0) is 18.0. The molecule has 2 heterocycles. The van der Waals surface area contributed by atoms with Crippen molar-refractivity contribution in [2.24, 2.45) is 0 Å². The average molecular weight is 341 g/mol. The van der Waals surface area contributed by atoms with E-state index < -0.39 is 11.9 Å². The Morgan fingerprint density at radius 1 is 1.24 bits per heavy atom. The number of aryl methyl sites for hydroxylation is 1. The van der Waals surface area contributed by atoms with Crippen LogP contribution in [0.1, 0.15) is 59.4 Å². The van der Waals surface area contributed by atoms with Gasteiger partial charge in [-0.2, -0.15) is 0 Å². The van der Waals surface area contributed by atoms with E-state index in [1.807, 2.05) is 24.5 Å². The van der Waals surface area contributed by atoms with E-state index in [4.69, 9.17) is 4.74 Å². The summed E-state index contributed by atoms with van der Waals surface area (Å²) in [7, 11) is 0. The molecule has 5 nitrogen and oxygen atoms in total. The van der Waals surface area contributed by atoms with Crippen molar-refractivity contribution in [1.29, 1.82) is 0 Å². The van der Waals surface area contributed by atoms with Gasteiger partial charge in [0.2, 0.25) is 5.78 Å². The highest BCUT2D eigenvalue weighted by molar-refractivity contribution is 6.09. The van der Waals surface area contributed by atoms with Crippen LogP contribution in [0.3, 0.4) is 0 Å². The lowest BCUT2D eigenvalue weighted by Gasteiger charge is -2.14. The van der Waals surface area contributed by atoms with E-state index in [2.05, 4.69) is 0 Å². The number of carboxylic acid groups (broad SMARTS) is 1. The quantitative estimate of drug-likeness (QED) is 0.841. The molecular weight excluding hydrogens is 318 g/mol. The second-order valence-corrected chi connectivity index (χ2v) is 6.43. The summed E-state index contributed by atoms with van der Waals surface area (Å²) < 4.78 is 7.34. The third kappa shape index (κ3) is 3.31. The molecule has 3 rings (SSSR count). The molecule has 1 aliphatic rings. The van der Waals surface area contributed by atoms with E-state index >= 15 is 0 Å². The summed E-state index contributed by atoms with van der Waals surface area (Å²) in [5.41, 5.74) is 2.77. The van der Waals surface area contributed by atoms with Gasteiger partial charge in [-0.15, -0.1) is 0 Å². The Morgan fingerprint density at radius 3 is 2.60 bits per heavy atom. The molecule has 0 bridgehead atoms. The molecule has 1 aliphatic heterocycles. The fourth-order valence-corrected chi connectivity index (χ4v) is 3.56. The van der Waals surface area contributed by atoms with Crippen LogP contribution in [0.2, 0.25) is 0 Å². The molecule has 5 heteroatoms. The average Bonchev–Trinajstić information content (AvgIpc) is 2.77. The van der Waals surface area contributed by atoms with Gasteiger partial charge in [-0.1, -0.05) is 6.42 Å². The van der Waals surface area contributed by atoms with E-state index in [0.717, 1.165) is 29.8 Å². The predicted molar refractivity (Wildman–Crippen MR) is 94.4 cm³/mol. The van der Waals surface area contributed by atoms with Gasteiger partial charge in [0.15, 0.2) is 0 Å². The number of aromatic nitrogens is 1. The van der Waals surface area contributed by atoms with Crippen molar-refractivity contribution in [1.82, 2.24) is 4.57 Å². The van der Waals surface area contributed by atoms with Crippen molar-refractivity contribution in [3.8, 4) is 5.75 Å². The van der Waals surface area contributed by atoms with E-state index in [1.54, 1.807) is 24.3 Å². The minimum absolute atomic E-state index is 0.0714. The van der Waals surface area contributed by atoms with Gasteiger partial charge >= 0.3 is 5.97 Å². The number of ether oxygens (including phenoxy) is 1. The molecule has 0 saturated heterocycles. The molecule has 0 amide bonds. The lowest BCUT2D eigenvalue weighted by Crippen LogP contribution is -2.17. The number of fused-ring (bicyclic) bond motifs is 1. The van der Waals surface area contributed by atoms with Crippen LogP contribution in [-0.2, 0) is 11.3 Å². The number of ketones is 1. The van der Waals surface area contributed by atoms with Crippen LogP contribution in [0.4, 0.5) is 0 Å². The van der Waals surface area contributed by atoms with Crippen LogP contribution in [0.15, 0.2) is 30.3 Å². The zero-order valence-electron chi connectivity index (χ0n) is 14.6. The van der Waals surface area contributed by atoms with Gasteiger partial charge in [0.25, 0.3) is 0 Å². The minimum Gasteiger partial charge on any atom is -0.494 e. The van der Waals surface area contributed by atoms with E-state index in [1.165, 1.54) is 0 Å². The van der Waals surface area contributed by atoms with Gasteiger partial charge in [0.1, 0.15) is 5.75 Å². The monoisotopic (exact) mass is 341 g/mol. The first-order valence-electron chi connectivity index (χ1n) is 8.73. The number of hydrogen-bond donors (Lipinski definition) is 1. The molecular formula is C20H23NO4. The summed E-state index contributed by atoms with van der Waals surface area (Å²) in [5, 5.41) is 9.53. The molecule has 1 N–H and O–H groups in total. The number of nitrogens with zero attached hydrogens (tertiary/aromatic N) is 1. The Labute approximate surface area is 147 Å². The highest BCUT2D eigenvalue weighted by Crippen LogP contribution is 2.32. The normalized spacial score (nSPS) is 16.8. The lowest BCUT2D eigenvalue weighted by atomic mass is 9.99. The summed E-state index contributed by atoms with van der Waals surface area (Å²) in [6.45, 7) is 5.06. The highest BCUT2D eigenvalue weighted by atomic mass is 16.5. The third-order valence-electron chi connectivity index (χ3n) is 4.74. The molecule has 0 spiro atoms. The van der Waals surface area contributed by atoms with Gasteiger partial charge in [-0.25, -0.2) is 0 Å². The molecule has 1 atom stereocenters. The number of hydrogen-bond acceptors (Lipinski definition) is 3. The van der Waals surface area contributed by atoms with Crippen molar-refractivity contribution in [3.05, 3.63) is 52.8 Å². The van der Waals surface area contributed by atoms with Crippen LogP contribution >= 0.6 is 0 Å². The molecule has 132 valence electrons. The lowest BCUT2D eigenvalue weighted by molar-refractivity contribution is -0.139. The Hall–Kier alpha value is -2.56. The first kappa shape index (κ1) is 17.3. The molecule has 2 aromatic rings. The first-order chi connectivity index (χ1) is 12.0. The molecule has 1 aromatic carbocycles. The number of rotatable bonds is 5. The molecule has 1 unspecified atom stereocenters. The van der Waals surface area contributed by atoms with Crippen LogP contribution in [-0.4, -0.2) is 28.0 Å². The van der Waals surface area contributed by atoms with Crippen molar-refractivity contribution in [2.45, 2.75) is 45.6 Å². The van der Waals surface area contributed by atoms with Crippen LogP contribution in [0, 0.1) is 6.92 Å². The topological polar surface area (TPSA) is 68.5 Å². The Balaban J connectivity index is 1.99. The second-order valence-electron chi connectivity index (χ2n) is 6.43. The number of aliphatic carboxylic acids is 1. The summed E-state index contributed by atoms with van der Waals surface area (Å²) in [6, 6.07) is 8.97. The molecule has 0 aliphatic carbocycles. The van der Waals surface area contributed by atoms with Crippen LogP contribution in [0.25, 0.3) is 0 Å². The van der Waals surface area contributed by atoms with Crippen molar-refractivity contribution in [3.63, 3.8) is 0 Å². The summed E-state index contributed by atoms with van der Waals surface area (Å²) in [5.74, 6) is -0.697. The van der Waals surface area contributed by atoms with Gasteiger partial charge in [-0.05, 0) is 62.6 Å². The zero-order valence-corrected chi connectivity index (χ0v) is 14.6. The molecule has 0 fully saturated rings. The summed E-state index contributed by atoms with van der Waals surface area (Å²) in [6.07, 6.45) is 2.36. The molecule has 0 radical (unpaired) electrons. The Kier molecular flexibility index (Phi) is 4.93. The number of carbonyl (C=O) groups excluding carboxylic acids is 1.